The molecule has 7 heteroatoms. The molecule has 1 aromatic rings. The van der Waals surface area contributed by atoms with E-state index in [1.165, 1.54) is 0 Å². The molecule has 1 unspecified atom stereocenters. The maximum atomic E-state index is 5.48. The Morgan fingerprint density at radius 3 is 2.81 bits per heavy atom. The van der Waals surface area contributed by atoms with Crippen molar-refractivity contribution in [3.05, 3.63) is 0 Å². The minimum atomic E-state index is 0.255. The van der Waals surface area contributed by atoms with E-state index in [-0.39, 0.29) is 6.10 Å². The molecule has 0 spiro atoms. The van der Waals surface area contributed by atoms with E-state index < -0.39 is 0 Å². The van der Waals surface area contributed by atoms with Crippen LogP contribution in [0.1, 0.15) is 26.2 Å². The third-order valence-electron chi connectivity index (χ3n) is 3.54. The lowest BCUT2D eigenvalue weighted by Crippen LogP contribution is -2.40. The number of hydrogen-bond acceptors (Lipinski definition) is 7. The van der Waals surface area contributed by atoms with Gasteiger partial charge in [-0.3, -0.25) is 0 Å². The quantitative estimate of drug-likeness (QED) is 0.850. The molecule has 1 aliphatic rings. The highest BCUT2D eigenvalue weighted by Crippen LogP contribution is 2.20. The Morgan fingerprint density at radius 2 is 2.14 bits per heavy atom. The summed E-state index contributed by atoms with van der Waals surface area (Å²) in [5.74, 6) is 2.05. The summed E-state index contributed by atoms with van der Waals surface area (Å²) < 4.78 is 5.48. The Hall–Kier alpha value is -1.63. The predicted octanol–water partition coefficient (Wildman–Crippen LogP) is 1.37. The molecule has 2 heterocycles. The Balaban J connectivity index is 2.22. The standard InChI is InChI=1S/C14H26N6O/c1-5-8-15-12-16-13(19(2)3)18-14(17-12)20-9-6-7-11(10-20)21-4/h11H,5-10H2,1-4H3,(H,15,16,17,18). The van der Waals surface area contributed by atoms with Crippen LogP contribution < -0.4 is 15.1 Å². The normalized spacial score (nSPS) is 18.7. The Bertz CT molecular complexity index is 453. The molecule has 0 saturated carbocycles. The first-order chi connectivity index (χ1) is 10.1. The molecule has 1 fully saturated rings. The lowest BCUT2D eigenvalue weighted by molar-refractivity contribution is 0.0889. The first-order valence-electron chi connectivity index (χ1n) is 7.59. The van der Waals surface area contributed by atoms with Crippen molar-refractivity contribution in [3.63, 3.8) is 0 Å². The summed E-state index contributed by atoms with van der Waals surface area (Å²) >= 11 is 0. The highest BCUT2D eigenvalue weighted by molar-refractivity contribution is 5.44. The van der Waals surface area contributed by atoms with Crippen molar-refractivity contribution in [3.8, 4) is 0 Å². The van der Waals surface area contributed by atoms with Crippen molar-refractivity contribution >= 4 is 17.8 Å². The number of nitrogens with zero attached hydrogens (tertiary/aromatic N) is 5. The van der Waals surface area contributed by atoms with E-state index in [1.807, 2.05) is 19.0 Å². The van der Waals surface area contributed by atoms with Gasteiger partial charge in [-0.15, -0.1) is 0 Å². The van der Waals surface area contributed by atoms with Gasteiger partial charge in [0.05, 0.1) is 6.10 Å². The maximum absolute atomic E-state index is 5.48. The predicted molar refractivity (Wildman–Crippen MR) is 85.2 cm³/mol. The second-order valence-electron chi connectivity index (χ2n) is 5.53. The molecule has 2 rings (SSSR count). The molecule has 1 N–H and O–H groups in total. The van der Waals surface area contributed by atoms with Gasteiger partial charge in [-0.05, 0) is 19.3 Å². The Morgan fingerprint density at radius 1 is 1.33 bits per heavy atom. The van der Waals surface area contributed by atoms with Crippen molar-refractivity contribution < 1.29 is 4.74 Å². The molecular formula is C14H26N6O. The number of anilines is 3. The lowest BCUT2D eigenvalue weighted by Gasteiger charge is -2.32. The van der Waals surface area contributed by atoms with E-state index in [2.05, 4.69) is 32.1 Å². The van der Waals surface area contributed by atoms with E-state index in [0.717, 1.165) is 44.8 Å². The van der Waals surface area contributed by atoms with Gasteiger partial charge in [0.15, 0.2) is 0 Å². The van der Waals surface area contributed by atoms with E-state index in [1.54, 1.807) is 7.11 Å². The monoisotopic (exact) mass is 294 g/mol. The summed E-state index contributed by atoms with van der Waals surface area (Å²) in [4.78, 5) is 17.6. The third kappa shape index (κ3) is 4.17. The van der Waals surface area contributed by atoms with Crippen LogP contribution in [0.5, 0.6) is 0 Å². The van der Waals surface area contributed by atoms with Crippen LogP contribution in [0, 0.1) is 0 Å². The number of piperidine rings is 1. The second-order valence-corrected chi connectivity index (χ2v) is 5.53. The average molecular weight is 294 g/mol. The number of aromatic nitrogens is 3. The molecule has 0 radical (unpaired) electrons. The van der Waals surface area contributed by atoms with Crippen molar-refractivity contribution in [2.45, 2.75) is 32.3 Å². The van der Waals surface area contributed by atoms with Crippen molar-refractivity contribution in [1.82, 2.24) is 15.0 Å². The van der Waals surface area contributed by atoms with Crippen molar-refractivity contribution in [1.29, 1.82) is 0 Å². The van der Waals surface area contributed by atoms with E-state index >= 15 is 0 Å². The number of methoxy groups -OCH3 is 1. The van der Waals surface area contributed by atoms with Crippen LogP contribution in [-0.2, 0) is 4.74 Å². The number of rotatable bonds is 6. The molecule has 7 nitrogen and oxygen atoms in total. The Kier molecular flexibility index (Phi) is 5.55. The molecule has 1 saturated heterocycles. The molecule has 1 aliphatic heterocycles. The van der Waals surface area contributed by atoms with Gasteiger partial charge in [0.2, 0.25) is 17.8 Å². The van der Waals surface area contributed by atoms with E-state index in [0.29, 0.717) is 11.9 Å². The second kappa shape index (κ2) is 7.40. The molecule has 118 valence electrons. The van der Waals surface area contributed by atoms with Gasteiger partial charge >= 0.3 is 0 Å². The zero-order chi connectivity index (χ0) is 15.2. The Labute approximate surface area is 126 Å². The molecule has 21 heavy (non-hydrogen) atoms. The topological polar surface area (TPSA) is 66.4 Å². The van der Waals surface area contributed by atoms with Gasteiger partial charge in [0.25, 0.3) is 0 Å². The molecule has 1 aromatic heterocycles. The van der Waals surface area contributed by atoms with Gasteiger partial charge in [0, 0.05) is 40.8 Å². The van der Waals surface area contributed by atoms with Crippen LogP contribution in [0.25, 0.3) is 0 Å². The van der Waals surface area contributed by atoms with Crippen LogP contribution in [0.2, 0.25) is 0 Å². The third-order valence-corrected chi connectivity index (χ3v) is 3.54. The summed E-state index contributed by atoms with van der Waals surface area (Å²) in [6, 6.07) is 0. The van der Waals surface area contributed by atoms with E-state index in [9.17, 15) is 0 Å². The molecule has 1 atom stereocenters. The van der Waals surface area contributed by atoms with Gasteiger partial charge < -0.3 is 19.9 Å². The van der Waals surface area contributed by atoms with Gasteiger partial charge in [-0.25, -0.2) is 0 Å². The van der Waals surface area contributed by atoms with Crippen molar-refractivity contribution in [2.24, 2.45) is 0 Å². The lowest BCUT2D eigenvalue weighted by atomic mass is 10.1. The zero-order valence-electron chi connectivity index (χ0n) is 13.5. The number of hydrogen-bond donors (Lipinski definition) is 1. The van der Waals surface area contributed by atoms with Crippen LogP contribution >= 0.6 is 0 Å². The summed E-state index contributed by atoms with van der Waals surface area (Å²) in [5, 5.41) is 3.25. The fourth-order valence-electron chi connectivity index (χ4n) is 2.32. The SMILES string of the molecule is CCCNc1nc(N(C)C)nc(N2CCCC(OC)C2)n1. The minimum Gasteiger partial charge on any atom is -0.380 e. The number of nitrogens with one attached hydrogen (secondary N) is 1. The van der Waals surface area contributed by atoms with Crippen LogP contribution in [0.4, 0.5) is 17.8 Å². The summed E-state index contributed by atoms with van der Waals surface area (Å²) in [6.45, 7) is 4.78. The van der Waals surface area contributed by atoms with Gasteiger partial charge in [-0.2, -0.15) is 15.0 Å². The van der Waals surface area contributed by atoms with E-state index in [4.69, 9.17) is 4.74 Å². The van der Waals surface area contributed by atoms with Crippen LogP contribution in [0.3, 0.4) is 0 Å². The fraction of sp³-hybridized carbons (Fsp3) is 0.786. The molecule has 0 bridgehead atoms. The molecule has 0 amide bonds. The molecule has 0 aromatic carbocycles. The highest BCUT2D eigenvalue weighted by atomic mass is 16.5. The maximum Gasteiger partial charge on any atom is 0.232 e. The smallest absolute Gasteiger partial charge is 0.232 e. The fourth-order valence-corrected chi connectivity index (χ4v) is 2.32. The van der Waals surface area contributed by atoms with Crippen LogP contribution in [-0.4, -0.2) is 61.9 Å². The minimum absolute atomic E-state index is 0.255. The van der Waals surface area contributed by atoms with Crippen LogP contribution in [0.15, 0.2) is 0 Å². The molecule has 0 aliphatic carbocycles. The number of ether oxygens (including phenoxy) is 1. The first kappa shape index (κ1) is 15.8. The van der Waals surface area contributed by atoms with Gasteiger partial charge in [0.1, 0.15) is 0 Å². The van der Waals surface area contributed by atoms with Crippen molar-refractivity contribution in [2.75, 3.05) is 56.0 Å². The summed E-state index contributed by atoms with van der Waals surface area (Å²) in [5.41, 5.74) is 0. The highest BCUT2D eigenvalue weighted by Gasteiger charge is 2.22. The summed E-state index contributed by atoms with van der Waals surface area (Å²) in [7, 11) is 5.65. The average Bonchev–Trinajstić information content (AvgIpc) is 2.52. The summed E-state index contributed by atoms with van der Waals surface area (Å²) in [6.07, 6.45) is 3.48. The first-order valence-corrected chi connectivity index (χ1v) is 7.59. The van der Waals surface area contributed by atoms with Gasteiger partial charge in [-0.1, -0.05) is 6.92 Å². The molecular weight excluding hydrogens is 268 g/mol. The largest absolute Gasteiger partial charge is 0.380 e. The zero-order valence-corrected chi connectivity index (χ0v) is 13.5.